The number of hydrogen-bond donors (Lipinski definition) is 1. The Hall–Kier alpha value is -0.880. The van der Waals surface area contributed by atoms with Gasteiger partial charge in [-0.1, -0.05) is 12.1 Å². The average molecular weight is 292 g/mol. The van der Waals surface area contributed by atoms with Crippen molar-refractivity contribution < 1.29 is 23.0 Å². The number of hydrogen-bond acceptors (Lipinski definition) is 3. The first-order chi connectivity index (χ1) is 8.97. The Bertz CT molecular complexity index is 434. The molecular formula is C13H15F3O2S. The Labute approximate surface area is 114 Å². The number of halogens is 3. The topological polar surface area (TPSA) is 29.5 Å². The van der Waals surface area contributed by atoms with Gasteiger partial charge in [-0.3, -0.25) is 0 Å². The van der Waals surface area contributed by atoms with Gasteiger partial charge in [0, 0.05) is 5.75 Å². The van der Waals surface area contributed by atoms with E-state index in [2.05, 4.69) is 0 Å². The van der Waals surface area contributed by atoms with Gasteiger partial charge in [0.25, 0.3) is 0 Å². The monoisotopic (exact) mass is 292 g/mol. The van der Waals surface area contributed by atoms with Crippen molar-refractivity contribution in [2.45, 2.75) is 30.9 Å². The van der Waals surface area contributed by atoms with Crippen molar-refractivity contribution in [1.82, 2.24) is 0 Å². The molecule has 1 aliphatic rings. The summed E-state index contributed by atoms with van der Waals surface area (Å²) in [6, 6.07) is 5.35. The second-order valence-electron chi connectivity index (χ2n) is 4.37. The minimum Gasteiger partial charge on any atom is -0.492 e. The highest BCUT2D eigenvalue weighted by molar-refractivity contribution is 8.00. The van der Waals surface area contributed by atoms with E-state index in [-0.39, 0.29) is 24.1 Å². The molecule has 1 aliphatic carbocycles. The van der Waals surface area contributed by atoms with E-state index in [4.69, 9.17) is 4.74 Å². The molecule has 1 atom stereocenters. The highest BCUT2D eigenvalue weighted by Gasteiger charge is 2.27. The molecule has 1 N–H and O–H groups in total. The summed E-state index contributed by atoms with van der Waals surface area (Å²) >= 11 is -0.0836. The molecule has 2 rings (SSSR count). The maximum Gasteiger partial charge on any atom is 0.441 e. The summed E-state index contributed by atoms with van der Waals surface area (Å²) in [6.45, 7) is 0.0106. The molecular weight excluding hydrogens is 277 g/mol. The van der Waals surface area contributed by atoms with Crippen molar-refractivity contribution in [1.29, 1.82) is 0 Å². The number of aliphatic hydroxyl groups excluding tert-OH is 1. The van der Waals surface area contributed by atoms with Crippen LogP contribution in [0.3, 0.4) is 0 Å². The summed E-state index contributed by atoms with van der Waals surface area (Å²) in [5, 5.41) is 9.86. The van der Waals surface area contributed by atoms with Crippen LogP contribution < -0.4 is 4.74 Å². The molecule has 0 saturated carbocycles. The number of thioether (sulfide) groups is 1. The van der Waals surface area contributed by atoms with Gasteiger partial charge in [-0.05, 0) is 48.2 Å². The third-order valence-corrected chi connectivity index (χ3v) is 3.74. The molecule has 106 valence electrons. The van der Waals surface area contributed by atoms with E-state index in [1.54, 1.807) is 12.1 Å². The molecule has 1 aromatic rings. The Balaban J connectivity index is 1.96. The predicted octanol–water partition coefficient (Wildman–Crippen LogP) is 3.69. The number of rotatable bonds is 4. The number of ether oxygens (including phenoxy) is 1. The molecule has 0 amide bonds. The van der Waals surface area contributed by atoms with E-state index < -0.39 is 11.6 Å². The standard InChI is InChI=1S/C13H15F3O2S/c14-13(15,16)19-8-7-18-12-6-2-3-9-10(12)4-1-5-11(9)17/h2-3,6,11,17H,1,4-5,7-8H2. The quantitative estimate of drug-likeness (QED) is 0.858. The largest absolute Gasteiger partial charge is 0.492 e. The highest BCUT2D eigenvalue weighted by Crippen LogP contribution is 2.35. The van der Waals surface area contributed by atoms with Gasteiger partial charge in [0.2, 0.25) is 0 Å². The van der Waals surface area contributed by atoms with E-state index >= 15 is 0 Å². The first kappa shape index (κ1) is 14.5. The number of benzene rings is 1. The fourth-order valence-electron chi connectivity index (χ4n) is 2.23. The minimum atomic E-state index is -4.21. The van der Waals surface area contributed by atoms with Gasteiger partial charge in [-0.2, -0.15) is 13.2 Å². The predicted molar refractivity (Wildman–Crippen MR) is 68.3 cm³/mol. The van der Waals surface area contributed by atoms with Crippen LogP contribution in [0.25, 0.3) is 0 Å². The van der Waals surface area contributed by atoms with E-state index in [1.165, 1.54) is 0 Å². The number of aliphatic hydroxyl groups is 1. The lowest BCUT2D eigenvalue weighted by Crippen LogP contribution is -2.12. The second-order valence-corrected chi connectivity index (χ2v) is 5.53. The lowest BCUT2D eigenvalue weighted by Gasteiger charge is -2.23. The third-order valence-electron chi connectivity index (χ3n) is 3.04. The first-order valence-corrected chi connectivity index (χ1v) is 7.09. The average Bonchev–Trinajstić information content (AvgIpc) is 2.34. The fraction of sp³-hybridized carbons (Fsp3) is 0.538. The fourth-order valence-corrected chi connectivity index (χ4v) is 2.63. The van der Waals surface area contributed by atoms with Crippen LogP contribution in [-0.2, 0) is 6.42 Å². The van der Waals surface area contributed by atoms with E-state index in [0.29, 0.717) is 5.75 Å². The van der Waals surface area contributed by atoms with Crippen LogP contribution in [0.5, 0.6) is 5.75 Å². The van der Waals surface area contributed by atoms with Crippen LogP contribution in [0.4, 0.5) is 13.2 Å². The van der Waals surface area contributed by atoms with Crippen LogP contribution in [0, 0.1) is 0 Å². The molecule has 1 unspecified atom stereocenters. The highest BCUT2D eigenvalue weighted by atomic mass is 32.2. The molecule has 0 saturated heterocycles. The normalized spacial score (nSPS) is 19.1. The van der Waals surface area contributed by atoms with Crippen LogP contribution >= 0.6 is 11.8 Å². The number of alkyl halides is 3. The molecule has 0 bridgehead atoms. The lowest BCUT2D eigenvalue weighted by atomic mass is 9.89. The van der Waals surface area contributed by atoms with Crippen LogP contribution in [-0.4, -0.2) is 23.0 Å². The summed E-state index contributed by atoms with van der Waals surface area (Å²) in [5.74, 6) is 0.467. The van der Waals surface area contributed by atoms with E-state index in [9.17, 15) is 18.3 Å². The van der Waals surface area contributed by atoms with Crippen molar-refractivity contribution >= 4 is 11.8 Å². The Morgan fingerprint density at radius 3 is 2.89 bits per heavy atom. The number of fused-ring (bicyclic) bond motifs is 1. The van der Waals surface area contributed by atoms with Crippen molar-refractivity contribution in [3.63, 3.8) is 0 Å². The van der Waals surface area contributed by atoms with Gasteiger partial charge in [0.15, 0.2) is 0 Å². The maximum atomic E-state index is 12.0. The summed E-state index contributed by atoms with van der Waals surface area (Å²) in [6.07, 6.45) is 1.90. The first-order valence-electron chi connectivity index (χ1n) is 6.11. The Morgan fingerprint density at radius 2 is 2.16 bits per heavy atom. The summed E-state index contributed by atoms with van der Waals surface area (Å²) in [5.41, 5.74) is -2.44. The van der Waals surface area contributed by atoms with Gasteiger partial charge >= 0.3 is 5.51 Å². The van der Waals surface area contributed by atoms with Gasteiger partial charge < -0.3 is 9.84 Å². The van der Waals surface area contributed by atoms with Gasteiger partial charge in [0.05, 0.1) is 12.7 Å². The second kappa shape index (κ2) is 6.05. The van der Waals surface area contributed by atoms with Crippen LogP contribution in [0.15, 0.2) is 18.2 Å². The van der Waals surface area contributed by atoms with Crippen LogP contribution in [0.1, 0.15) is 30.1 Å². The molecule has 0 aromatic heterocycles. The van der Waals surface area contributed by atoms with Gasteiger partial charge in [0.1, 0.15) is 5.75 Å². The van der Waals surface area contributed by atoms with Crippen molar-refractivity contribution in [3.05, 3.63) is 29.3 Å². The van der Waals surface area contributed by atoms with Gasteiger partial charge in [-0.15, -0.1) is 0 Å². The molecule has 19 heavy (non-hydrogen) atoms. The van der Waals surface area contributed by atoms with Crippen molar-refractivity contribution in [2.24, 2.45) is 0 Å². The van der Waals surface area contributed by atoms with Gasteiger partial charge in [-0.25, -0.2) is 0 Å². The Morgan fingerprint density at radius 1 is 1.37 bits per heavy atom. The summed E-state index contributed by atoms with van der Waals surface area (Å²) in [4.78, 5) is 0. The zero-order valence-electron chi connectivity index (χ0n) is 10.2. The third kappa shape index (κ3) is 4.04. The lowest BCUT2D eigenvalue weighted by molar-refractivity contribution is -0.0329. The molecule has 0 radical (unpaired) electrons. The molecule has 2 nitrogen and oxygen atoms in total. The zero-order chi connectivity index (χ0) is 13.9. The van der Waals surface area contributed by atoms with Crippen molar-refractivity contribution in [2.75, 3.05) is 12.4 Å². The SMILES string of the molecule is OC1CCCc2c(OCCSC(F)(F)F)cccc21. The molecule has 0 fully saturated rings. The minimum absolute atomic E-state index is 0.0106. The molecule has 0 heterocycles. The van der Waals surface area contributed by atoms with Crippen molar-refractivity contribution in [3.8, 4) is 5.75 Å². The summed E-state index contributed by atoms with van der Waals surface area (Å²) < 4.78 is 41.4. The smallest absolute Gasteiger partial charge is 0.441 e. The zero-order valence-corrected chi connectivity index (χ0v) is 11.1. The molecule has 0 aliphatic heterocycles. The maximum absolute atomic E-state index is 12.0. The molecule has 1 aromatic carbocycles. The molecule has 0 spiro atoms. The molecule has 6 heteroatoms. The van der Waals surface area contributed by atoms with Crippen LogP contribution in [0.2, 0.25) is 0 Å². The van der Waals surface area contributed by atoms with E-state index in [0.717, 1.165) is 30.4 Å². The van der Waals surface area contributed by atoms with E-state index in [1.807, 2.05) is 6.07 Å². The summed E-state index contributed by atoms with van der Waals surface area (Å²) in [7, 11) is 0. The Kier molecular flexibility index (Phi) is 4.62.